The lowest BCUT2D eigenvalue weighted by molar-refractivity contribution is -0.143. The van der Waals surface area contributed by atoms with Gasteiger partial charge < -0.3 is 10.5 Å². The van der Waals surface area contributed by atoms with E-state index in [4.69, 9.17) is 10.5 Å². The van der Waals surface area contributed by atoms with Gasteiger partial charge in [-0.3, -0.25) is 0 Å². The number of esters is 2. The second-order valence-corrected chi connectivity index (χ2v) is 6.27. The molecule has 5 heteroatoms. The van der Waals surface area contributed by atoms with Crippen molar-refractivity contribution in [3.05, 3.63) is 35.2 Å². The van der Waals surface area contributed by atoms with Crippen molar-refractivity contribution < 1.29 is 14.3 Å². The molecule has 20 heavy (non-hydrogen) atoms. The summed E-state index contributed by atoms with van der Waals surface area (Å²) in [6, 6.07) is 9.41. The van der Waals surface area contributed by atoms with E-state index in [1.165, 1.54) is 11.3 Å². The molecule has 1 fully saturated rings. The molecule has 2 aromatic rings. The standard InChI is InChI=1S/C15H15NO3S/c16-15(7-3-4-8-15)14(18)19-13(17)12-9-10-5-1-2-6-11(10)20-12/h1-2,5-6,9H,3-4,7-8,16H2. The monoisotopic (exact) mass is 289 g/mol. The number of carbonyl (C=O) groups is 2. The minimum absolute atomic E-state index is 0.432. The average molecular weight is 289 g/mol. The molecule has 0 amide bonds. The molecule has 2 N–H and O–H groups in total. The molecule has 3 rings (SSSR count). The first kappa shape index (κ1) is 13.3. The molecule has 0 aliphatic heterocycles. The highest BCUT2D eigenvalue weighted by Crippen LogP contribution is 2.30. The first-order valence-electron chi connectivity index (χ1n) is 6.63. The van der Waals surface area contributed by atoms with Crippen LogP contribution in [-0.2, 0) is 9.53 Å². The van der Waals surface area contributed by atoms with Crippen LogP contribution >= 0.6 is 11.3 Å². The molecule has 0 atom stereocenters. The summed E-state index contributed by atoms with van der Waals surface area (Å²) in [6.45, 7) is 0. The third-order valence-electron chi connectivity index (χ3n) is 3.71. The molecule has 0 bridgehead atoms. The van der Waals surface area contributed by atoms with Crippen molar-refractivity contribution in [3.63, 3.8) is 0 Å². The van der Waals surface area contributed by atoms with Crippen molar-refractivity contribution in [2.75, 3.05) is 0 Å². The Bertz CT molecular complexity index is 638. The van der Waals surface area contributed by atoms with E-state index in [9.17, 15) is 9.59 Å². The van der Waals surface area contributed by atoms with Gasteiger partial charge in [0, 0.05) is 4.70 Å². The summed E-state index contributed by atoms with van der Waals surface area (Å²) in [5.41, 5.74) is 5.00. The Hall–Kier alpha value is -1.72. The predicted octanol–water partition coefficient (Wildman–Crippen LogP) is 2.86. The second-order valence-electron chi connectivity index (χ2n) is 5.19. The second kappa shape index (κ2) is 5.00. The normalized spacial score (nSPS) is 17.2. The molecule has 0 spiro atoms. The largest absolute Gasteiger partial charge is 0.387 e. The van der Waals surface area contributed by atoms with Crippen molar-refractivity contribution >= 4 is 33.4 Å². The van der Waals surface area contributed by atoms with Gasteiger partial charge in [-0.15, -0.1) is 11.3 Å². The van der Waals surface area contributed by atoms with Crippen molar-refractivity contribution in [1.29, 1.82) is 0 Å². The minimum atomic E-state index is -0.980. The van der Waals surface area contributed by atoms with E-state index < -0.39 is 17.5 Å². The van der Waals surface area contributed by atoms with Crippen molar-refractivity contribution in [3.8, 4) is 0 Å². The van der Waals surface area contributed by atoms with E-state index >= 15 is 0 Å². The third-order valence-corrected chi connectivity index (χ3v) is 4.81. The molecule has 0 saturated heterocycles. The molecular formula is C15H15NO3S. The van der Waals surface area contributed by atoms with Crippen molar-refractivity contribution in [2.45, 2.75) is 31.2 Å². The van der Waals surface area contributed by atoms with Gasteiger partial charge in [0.15, 0.2) is 0 Å². The molecule has 0 unspecified atom stereocenters. The summed E-state index contributed by atoms with van der Waals surface area (Å²) in [5, 5.41) is 0.972. The summed E-state index contributed by atoms with van der Waals surface area (Å²) < 4.78 is 5.96. The fourth-order valence-electron chi connectivity index (χ4n) is 2.53. The van der Waals surface area contributed by atoms with E-state index in [0.29, 0.717) is 17.7 Å². The maximum absolute atomic E-state index is 12.0. The Morgan fingerprint density at radius 2 is 1.90 bits per heavy atom. The SMILES string of the molecule is NC1(C(=O)OC(=O)c2cc3ccccc3s2)CCCC1. The van der Waals surface area contributed by atoms with Crippen LogP contribution in [0.4, 0.5) is 0 Å². The summed E-state index contributed by atoms with van der Waals surface area (Å²) in [7, 11) is 0. The predicted molar refractivity (Wildman–Crippen MR) is 77.6 cm³/mol. The number of hydrogen-bond acceptors (Lipinski definition) is 5. The summed E-state index contributed by atoms with van der Waals surface area (Å²) >= 11 is 1.32. The number of ether oxygens (including phenoxy) is 1. The zero-order valence-corrected chi connectivity index (χ0v) is 11.7. The van der Waals surface area contributed by atoms with E-state index in [2.05, 4.69) is 0 Å². The molecule has 1 saturated carbocycles. The summed E-state index contributed by atoms with van der Waals surface area (Å²) in [6.07, 6.45) is 2.99. The Morgan fingerprint density at radius 3 is 2.60 bits per heavy atom. The molecule has 1 aliphatic carbocycles. The molecule has 1 aromatic carbocycles. The molecule has 0 radical (unpaired) electrons. The lowest BCUT2D eigenvalue weighted by atomic mass is 10.00. The lowest BCUT2D eigenvalue weighted by Crippen LogP contribution is -2.47. The van der Waals surface area contributed by atoms with Gasteiger partial charge in [-0.1, -0.05) is 31.0 Å². The van der Waals surface area contributed by atoms with Gasteiger partial charge in [-0.2, -0.15) is 0 Å². The van der Waals surface area contributed by atoms with Crippen LogP contribution in [0.2, 0.25) is 0 Å². The van der Waals surface area contributed by atoms with Crippen LogP contribution in [0, 0.1) is 0 Å². The summed E-state index contributed by atoms with van der Waals surface area (Å²) in [4.78, 5) is 24.5. The fraction of sp³-hybridized carbons (Fsp3) is 0.333. The Kier molecular flexibility index (Phi) is 3.31. The fourth-order valence-corrected chi connectivity index (χ4v) is 3.47. The Balaban J connectivity index is 1.77. The van der Waals surface area contributed by atoms with Crippen molar-refractivity contribution in [2.24, 2.45) is 5.73 Å². The maximum atomic E-state index is 12.0. The quantitative estimate of drug-likeness (QED) is 0.681. The first-order chi connectivity index (χ1) is 9.58. The third kappa shape index (κ3) is 2.34. The number of carbonyl (C=O) groups excluding carboxylic acids is 2. The van der Waals surface area contributed by atoms with Gasteiger partial charge in [0.05, 0.1) is 0 Å². The van der Waals surface area contributed by atoms with Crippen LogP contribution in [0.3, 0.4) is 0 Å². The van der Waals surface area contributed by atoms with Crippen LogP contribution in [0.15, 0.2) is 30.3 Å². The maximum Gasteiger partial charge on any atom is 0.356 e. The topological polar surface area (TPSA) is 69.4 Å². The van der Waals surface area contributed by atoms with Gasteiger partial charge in [0.2, 0.25) is 0 Å². The minimum Gasteiger partial charge on any atom is -0.387 e. The van der Waals surface area contributed by atoms with Crippen molar-refractivity contribution in [1.82, 2.24) is 0 Å². The molecule has 1 aliphatic rings. The average Bonchev–Trinajstić information content (AvgIpc) is 3.05. The molecule has 1 heterocycles. The number of fused-ring (bicyclic) bond motifs is 1. The first-order valence-corrected chi connectivity index (χ1v) is 7.44. The highest BCUT2D eigenvalue weighted by atomic mass is 32.1. The van der Waals surface area contributed by atoms with Crippen LogP contribution in [0.5, 0.6) is 0 Å². The van der Waals surface area contributed by atoms with E-state index in [1.54, 1.807) is 6.07 Å². The Labute approximate surface area is 120 Å². The highest BCUT2D eigenvalue weighted by molar-refractivity contribution is 7.20. The number of nitrogens with two attached hydrogens (primary N) is 1. The van der Waals surface area contributed by atoms with Gasteiger partial charge in [0.25, 0.3) is 0 Å². The number of hydrogen-bond donors (Lipinski definition) is 1. The lowest BCUT2D eigenvalue weighted by Gasteiger charge is -2.19. The number of benzene rings is 1. The molecule has 4 nitrogen and oxygen atoms in total. The van der Waals surface area contributed by atoms with E-state index in [-0.39, 0.29) is 0 Å². The van der Waals surface area contributed by atoms with Gasteiger partial charge in [-0.25, -0.2) is 9.59 Å². The zero-order chi connectivity index (χ0) is 14.2. The van der Waals surface area contributed by atoms with E-state index in [0.717, 1.165) is 22.9 Å². The number of rotatable bonds is 2. The summed E-state index contributed by atoms with van der Waals surface area (Å²) in [5.74, 6) is -1.20. The van der Waals surface area contributed by atoms with Gasteiger partial charge in [-0.05, 0) is 30.4 Å². The van der Waals surface area contributed by atoms with Crippen LogP contribution in [0.25, 0.3) is 10.1 Å². The molecule has 1 aromatic heterocycles. The van der Waals surface area contributed by atoms with Crippen LogP contribution in [-0.4, -0.2) is 17.5 Å². The van der Waals surface area contributed by atoms with Gasteiger partial charge in [0.1, 0.15) is 10.4 Å². The zero-order valence-electron chi connectivity index (χ0n) is 10.9. The number of thiophene rings is 1. The molecular weight excluding hydrogens is 274 g/mol. The molecule has 104 valence electrons. The van der Waals surface area contributed by atoms with Gasteiger partial charge >= 0.3 is 11.9 Å². The Morgan fingerprint density at radius 1 is 1.20 bits per heavy atom. The smallest absolute Gasteiger partial charge is 0.356 e. The van der Waals surface area contributed by atoms with Crippen LogP contribution < -0.4 is 5.73 Å². The van der Waals surface area contributed by atoms with Crippen LogP contribution in [0.1, 0.15) is 35.4 Å². The van der Waals surface area contributed by atoms with E-state index in [1.807, 2.05) is 24.3 Å². The highest BCUT2D eigenvalue weighted by Gasteiger charge is 2.40.